The van der Waals surface area contributed by atoms with E-state index < -0.39 is 0 Å². The molecule has 0 amide bonds. The molecule has 3 heteroatoms. The summed E-state index contributed by atoms with van der Waals surface area (Å²) in [5.41, 5.74) is 3.79. The van der Waals surface area contributed by atoms with E-state index in [9.17, 15) is 0 Å². The van der Waals surface area contributed by atoms with Gasteiger partial charge in [0.15, 0.2) is 0 Å². The van der Waals surface area contributed by atoms with Gasteiger partial charge in [0.1, 0.15) is 0 Å². The predicted octanol–water partition coefficient (Wildman–Crippen LogP) is 4.36. The third-order valence-corrected chi connectivity index (χ3v) is 6.54. The Kier molecular flexibility index (Phi) is 6.04. The van der Waals surface area contributed by atoms with Gasteiger partial charge in [0.05, 0.1) is 6.61 Å². The highest BCUT2D eigenvalue weighted by molar-refractivity contribution is 5.28. The van der Waals surface area contributed by atoms with Crippen LogP contribution in [0.5, 0.6) is 0 Å². The Morgan fingerprint density at radius 1 is 1.21 bits per heavy atom. The summed E-state index contributed by atoms with van der Waals surface area (Å²) in [6.07, 6.45) is 11.7. The molecule has 1 aromatic heterocycles. The summed E-state index contributed by atoms with van der Waals surface area (Å²) in [5, 5.41) is 0. The number of piperidine rings is 1. The summed E-state index contributed by atoms with van der Waals surface area (Å²) in [6.45, 7) is 9.89. The third kappa shape index (κ3) is 3.72. The molecule has 136 valence electrons. The summed E-state index contributed by atoms with van der Waals surface area (Å²) < 4.78 is 7.99. The molecule has 3 heterocycles. The summed E-state index contributed by atoms with van der Waals surface area (Å²) >= 11 is 0. The highest BCUT2D eigenvalue weighted by atomic mass is 16.5. The maximum atomic E-state index is 5.65. The van der Waals surface area contributed by atoms with E-state index in [1.165, 1.54) is 64.6 Å². The zero-order valence-electron chi connectivity index (χ0n) is 16.0. The normalized spacial score (nSPS) is 26.0. The number of rotatable bonds is 3. The first kappa shape index (κ1) is 18.0. The van der Waals surface area contributed by atoms with Gasteiger partial charge in [-0.1, -0.05) is 13.8 Å². The van der Waals surface area contributed by atoms with Crippen LogP contribution in [0.25, 0.3) is 0 Å². The SMILES string of the molecule is CC.Cn1ccc2c1CCCC2CCN1CCC2(CCOC2)CC1. The molecule has 4 rings (SSSR count). The maximum absolute atomic E-state index is 5.65. The lowest BCUT2D eigenvalue weighted by Crippen LogP contribution is -2.41. The van der Waals surface area contributed by atoms with E-state index in [4.69, 9.17) is 4.74 Å². The average molecular weight is 333 g/mol. The Bertz CT molecular complexity index is 506. The minimum Gasteiger partial charge on any atom is -0.381 e. The first-order valence-corrected chi connectivity index (χ1v) is 10.2. The zero-order chi connectivity index (χ0) is 17.0. The molecule has 2 saturated heterocycles. The summed E-state index contributed by atoms with van der Waals surface area (Å²) in [7, 11) is 2.20. The number of fused-ring (bicyclic) bond motifs is 1. The number of likely N-dealkylation sites (tertiary alicyclic amines) is 1. The minimum absolute atomic E-state index is 0.550. The van der Waals surface area contributed by atoms with Crippen molar-refractivity contribution in [2.24, 2.45) is 12.5 Å². The predicted molar refractivity (Wildman–Crippen MR) is 101 cm³/mol. The van der Waals surface area contributed by atoms with Crippen LogP contribution >= 0.6 is 0 Å². The second-order valence-corrected chi connectivity index (χ2v) is 7.85. The van der Waals surface area contributed by atoms with Crippen molar-refractivity contribution in [3.8, 4) is 0 Å². The molecule has 2 fully saturated rings. The lowest BCUT2D eigenvalue weighted by atomic mass is 9.78. The smallest absolute Gasteiger partial charge is 0.0524 e. The minimum atomic E-state index is 0.550. The van der Waals surface area contributed by atoms with E-state index >= 15 is 0 Å². The van der Waals surface area contributed by atoms with Crippen molar-refractivity contribution >= 4 is 0 Å². The van der Waals surface area contributed by atoms with E-state index in [-0.39, 0.29) is 0 Å². The van der Waals surface area contributed by atoms with Gasteiger partial charge in [-0.15, -0.1) is 0 Å². The Labute approximate surface area is 148 Å². The van der Waals surface area contributed by atoms with Crippen LogP contribution in [0.3, 0.4) is 0 Å². The van der Waals surface area contributed by atoms with Gasteiger partial charge < -0.3 is 14.2 Å². The monoisotopic (exact) mass is 332 g/mol. The highest BCUT2D eigenvalue weighted by Gasteiger charge is 2.38. The molecule has 0 radical (unpaired) electrons. The van der Waals surface area contributed by atoms with Gasteiger partial charge in [-0.3, -0.25) is 0 Å². The van der Waals surface area contributed by atoms with Crippen molar-refractivity contribution in [1.29, 1.82) is 0 Å². The van der Waals surface area contributed by atoms with Crippen LogP contribution < -0.4 is 0 Å². The van der Waals surface area contributed by atoms with E-state index in [0.29, 0.717) is 5.41 Å². The third-order valence-electron chi connectivity index (χ3n) is 6.54. The van der Waals surface area contributed by atoms with Gasteiger partial charge in [-0.05, 0) is 87.5 Å². The number of hydrogen-bond acceptors (Lipinski definition) is 2. The summed E-state index contributed by atoms with van der Waals surface area (Å²) in [6, 6.07) is 2.38. The van der Waals surface area contributed by atoms with Crippen LogP contribution in [0.2, 0.25) is 0 Å². The summed E-state index contributed by atoms with van der Waals surface area (Å²) in [4.78, 5) is 2.71. The fraction of sp³-hybridized carbons (Fsp3) is 0.810. The van der Waals surface area contributed by atoms with Crippen molar-refractivity contribution in [2.45, 2.75) is 64.7 Å². The van der Waals surface area contributed by atoms with Crippen molar-refractivity contribution in [1.82, 2.24) is 9.47 Å². The molecule has 1 spiro atoms. The average Bonchev–Trinajstić information content (AvgIpc) is 3.24. The largest absolute Gasteiger partial charge is 0.381 e. The summed E-state index contributed by atoms with van der Waals surface area (Å²) in [5.74, 6) is 0.802. The first-order chi connectivity index (χ1) is 11.8. The lowest BCUT2D eigenvalue weighted by molar-refractivity contribution is 0.0790. The van der Waals surface area contributed by atoms with Crippen LogP contribution in [0, 0.1) is 5.41 Å². The fourth-order valence-electron chi connectivity index (χ4n) is 4.88. The van der Waals surface area contributed by atoms with Gasteiger partial charge in [-0.2, -0.15) is 0 Å². The van der Waals surface area contributed by atoms with Crippen LogP contribution in [0.15, 0.2) is 12.3 Å². The second kappa shape index (κ2) is 8.05. The van der Waals surface area contributed by atoms with Crippen LogP contribution in [-0.4, -0.2) is 42.3 Å². The van der Waals surface area contributed by atoms with Crippen molar-refractivity contribution in [3.63, 3.8) is 0 Å². The molecule has 2 aliphatic heterocycles. The van der Waals surface area contributed by atoms with E-state index in [1.54, 1.807) is 11.3 Å². The number of nitrogens with zero attached hydrogens (tertiary/aromatic N) is 2. The molecular formula is C21H36N2O. The Morgan fingerprint density at radius 3 is 2.71 bits per heavy atom. The van der Waals surface area contributed by atoms with Crippen LogP contribution in [-0.2, 0) is 18.2 Å². The van der Waals surface area contributed by atoms with E-state index in [0.717, 1.165) is 19.1 Å². The molecule has 1 aliphatic carbocycles. The van der Waals surface area contributed by atoms with Crippen molar-refractivity contribution < 1.29 is 4.74 Å². The highest BCUT2D eigenvalue weighted by Crippen LogP contribution is 2.40. The molecule has 3 nitrogen and oxygen atoms in total. The molecule has 0 N–H and O–H groups in total. The molecule has 1 atom stereocenters. The lowest BCUT2D eigenvalue weighted by Gasteiger charge is -2.39. The molecule has 1 aromatic rings. The standard InChI is InChI=1S/C19H30N2O.C2H6/c1-20-10-6-17-16(3-2-4-18(17)20)5-11-21-12-7-19(8-13-21)9-14-22-15-19;1-2/h6,10,16H,2-5,7-9,11-15H2,1H3;1-2H3. The number of ether oxygens (including phenoxy) is 1. The van der Waals surface area contributed by atoms with Gasteiger partial charge in [0, 0.05) is 25.5 Å². The number of aromatic nitrogens is 1. The van der Waals surface area contributed by atoms with Gasteiger partial charge in [-0.25, -0.2) is 0 Å². The zero-order valence-corrected chi connectivity index (χ0v) is 16.0. The Balaban J connectivity index is 0.000000815. The number of aryl methyl sites for hydroxylation is 1. The van der Waals surface area contributed by atoms with Crippen molar-refractivity contribution in [2.75, 3.05) is 32.8 Å². The molecule has 0 saturated carbocycles. The fourth-order valence-corrected chi connectivity index (χ4v) is 4.88. The van der Waals surface area contributed by atoms with E-state index in [2.05, 4.69) is 28.8 Å². The van der Waals surface area contributed by atoms with Gasteiger partial charge in [0.25, 0.3) is 0 Å². The molecule has 1 unspecified atom stereocenters. The van der Waals surface area contributed by atoms with E-state index in [1.807, 2.05) is 13.8 Å². The van der Waals surface area contributed by atoms with Gasteiger partial charge in [0.2, 0.25) is 0 Å². The first-order valence-electron chi connectivity index (χ1n) is 10.2. The second-order valence-electron chi connectivity index (χ2n) is 7.85. The molecule has 24 heavy (non-hydrogen) atoms. The molecular weight excluding hydrogens is 296 g/mol. The topological polar surface area (TPSA) is 17.4 Å². The Hall–Kier alpha value is -0.800. The van der Waals surface area contributed by atoms with Crippen LogP contribution in [0.1, 0.15) is 69.5 Å². The van der Waals surface area contributed by atoms with Crippen molar-refractivity contribution in [3.05, 3.63) is 23.5 Å². The molecule has 0 aromatic carbocycles. The Morgan fingerprint density at radius 2 is 2.00 bits per heavy atom. The quantitative estimate of drug-likeness (QED) is 0.818. The van der Waals surface area contributed by atoms with Gasteiger partial charge >= 0.3 is 0 Å². The maximum Gasteiger partial charge on any atom is 0.0524 e. The molecule has 3 aliphatic rings. The molecule has 0 bridgehead atoms. The van der Waals surface area contributed by atoms with Crippen LogP contribution in [0.4, 0.5) is 0 Å². The number of hydrogen-bond donors (Lipinski definition) is 0.